The number of halogens is 1. The van der Waals surface area contributed by atoms with Gasteiger partial charge >= 0.3 is 0 Å². The first-order valence-electron chi connectivity index (χ1n) is 6.85. The van der Waals surface area contributed by atoms with Crippen molar-refractivity contribution in [2.75, 3.05) is 23.1 Å². The van der Waals surface area contributed by atoms with Crippen LogP contribution in [0.3, 0.4) is 0 Å². The molecule has 0 aliphatic heterocycles. The van der Waals surface area contributed by atoms with E-state index in [1.807, 2.05) is 6.26 Å². The summed E-state index contributed by atoms with van der Waals surface area (Å²) in [7, 11) is -3.48. The van der Waals surface area contributed by atoms with Crippen LogP contribution in [0.5, 0.6) is 0 Å². The van der Waals surface area contributed by atoms with Gasteiger partial charge in [0, 0.05) is 5.69 Å². The molecule has 1 unspecified atom stereocenters. The Morgan fingerprint density at radius 3 is 2.64 bits per heavy atom. The largest absolute Gasteiger partial charge is 0.324 e. The molecule has 8 heteroatoms. The molecule has 1 aromatic carbocycles. The second-order valence-corrected chi connectivity index (χ2v) is 7.83. The van der Waals surface area contributed by atoms with Gasteiger partial charge in [-0.3, -0.25) is 4.79 Å². The van der Waals surface area contributed by atoms with Gasteiger partial charge in [-0.25, -0.2) is 17.5 Å². The molecule has 5 nitrogen and oxygen atoms in total. The molecule has 1 aromatic rings. The number of thioether (sulfide) groups is 1. The molecule has 1 rings (SSSR count). The van der Waals surface area contributed by atoms with Gasteiger partial charge in [-0.05, 0) is 56.0 Å². The Kier molecular flexibility index (Phi) is 7.31. The maximum absolute atomic E-state index is 13.1. The second-order valence-electron chi connectivity index (χ2n) is 4.80. The molecule has 0 spiro atoms. The van der Waals surface area contributed by atoms with Crippen molar-refractivity contribution in [3.63, 3.8) is 0 Å². The third kappa shape index (κ3) is 5.94. The fraction of sp³-hybridized carbons (Fsp3) is 0.500. The summed E-state index contributed by atoms with van der Waals surface area (Å²) >= 11 is 1.53. The summed E-state index contributed by atoms with van der Waals surface area (Å²) in [5, 5.41) is 2.65. The Labute approximate surface area is 135 Å². The predicted molar refractivity (Wildman–Crippen MR) is 89.2 cm³/mol. The van der Waals surface area contributed by atoms with Gasteiger partial charge in [0.2, 0.25) is 15.9 Å². The lowest BCUT2D eigenvalue weighted by atomic mass is 10.1. The molecule has 0 radical (unpaired) electrons. The number of carbonyl (C=O) groups excluding carboxylic acids is 1. The molecule has 2 N–H and O–H groups in total. The van der Waals surface area contributed by atoms with E-state index in [0.29, 0.717) is 23.4 Å². The number of benzene rings is 1. The number of aryl methyl sites for hydroxylation is 1. The zero-order valence-electron chi connectivity index (χ0n) is 12.8. The zero-order chi connectivity index (χ0) is 16.8. The quantitative estimate of drug-likeness (QED) is 0.755. The fourth-order valence-corrected chi connectivity index (χ4v) is 3.06. The van der Waals surface area contributed by atoms with Crippen molar-refractivity contribution in [1.82, 2.24) is 4.72 Å². The van der Waals surface area contributed by atoms with E-state index in [9.17, 15) is 17.6 Å². The number of sulfonamides is 1. The molecular formula is C14H21FN2O3S2. The second kappa shape index (κ2) is 8.50. The minimum atomic E-state index is -3.48. The smallest absolute Gasteiger partial charge is 0.242 e. The summed E-state index contributed by atoms with van der Waals surface area (Å²) in [5.41, 5.74) is 1.05. The lowest BCUT2D eigenvalue weighted by Gasteiger charge is -2.18. The van der Waals surface area contributed by atoms with E-state index in [1.165, 1.54) is 36.9 Å². The number of nitrogens with one attached hydrogen (secondary N) is 2. The molecule has 0 heterocycles. The minimum absolute atomic E-state index is 0.0916. The molecule has 1 atom stereocenters. The monoisotopic (exact) mass is 348 g/mol. The number of carbonyl (C=O) groups is 1. The summed E-state index contributed by atoms with van der Waals surface area (Å²) in [4.78, 5) is 12.3. The van der Waals surface area contributed by atoms with Gasteiger partial charge in [0.15, 0.2) is 0 Å². The van der Waals surface area contributed by atoms with Crippen LogP contribution in [-0.4, -0.2) is 38.1 Å². The molecule has 0 saturated carbocycles. The molecule has 0 bridgehead atoms. The number of amides is 1. The van der Waals surface area contributed by atoms with Gasteiger partial charge in [0.1, 0.15) is 11.9 Å². The Bertz CT molecular complexity index is 621. The van der Waals surface area contributed by atoms with E-state index in [4.69, 9.17) is 0 Å². The standard InChI is InChI=1S/C14H21FN2O3S2/c1-4-22(19,20)17-13(7-8-21-3)14(18)16-12-6-5-11(15)9-10(12)2/h5-6,9,13,17H,4,7-8H2,1-3H3,(H,16,18). The number of anilines is 1. The van der Waals surface area contributed by atoms with Gasteiger partial charge in [-0.2, -0.15) is 11.8 Å². The van der Waals surface area contributed by atoms with Gasteiger partial charge in [0.25, 0.3) is 0 Å². The van der Waals surface area contributed by atoms with E-state index >= 15 is 0 Å². The minimum Gasteiger partial charge on any atom is -0.324 e. The molecule has 0 aliphatic rings. The van der Waals surface area contributed by atoms with E-state index in [2.05, 4.69) is 10.0 Å². The summed E-state index contributed by atoms with van der Waals surface area (Å²) in [6, 6.07) is 3.17. The zero-order valence-corrected chi connectivity index (χ0v) is 14.5. The molecule has 0 aliphatic carbocycles. The highest BCUT2D eigenvalue weighted by atomic mass is 32.2. The van der Waals surface area contributed by atoms with E-state index in [0.717, 1.165) is 0 Å². The number of hydrogen-bond donors (Lipinski definition) is 2. The Balaban J connectivity index is 2.86. The SMILES string of the molecule is CCS(=O)(=O)NC(CCSC)C(=O)Nc1ccc(F)cc1C. The van der Waals surface area contributed by atoms with Crippen molar-refractivity contribution in [3.8, 4) is 0 Å². The lowest BCUT2D eigenvalue weighted by molar-refractivity contribution is -0.117. The maximum atomic E-state index is 13.1. The normalized spacial score (nSPS) is 12.9. The topological polar surface area (TPSA) is 75.3 Å². The highest BCUT2D eigenvalue weighted by Gasteiger charge is 2.23. The highest BCUT2D eigenvalue weighted by molar-refractivity contribution is 7.98. The van der Waals surface area contributed by atoms with Crippen molar-refractivity contribution in [2.45, 2.75) is 26.3 Å². The van der Waals surface area contributed by atoms with Crippen LogP contribution in [0.2, 0.25) is 0 Å². The van der Waals surface area contributed by atoms with Crippen molar-refractivity contribution in [2.24, 2.45) is 0 Å². The molecule has 22 heavy (non-hydrogen) atoms. The van der Waals surface area contributed by atoms with Crippen molar-refractivity contribution < 1.29 is 17.6 Å². The van der Waals surface area contributed by atoms with E-state index < -0.39 is 22.0 Å². The maximum Gasteiger partial charge on any atom is 0.242 e. The molecular weight excluding hydrogens is 327 g/mol. The third-order valence-corrected chi connectivity index (χ3v) is 5.12. The van der Waals surface area contributed by atoms with Crippen LogP contribution >= 0.6 is 11.8 Å². The van der Waals surface area contributed by atoms with Gasteiger partial charge in [0.05, 0.1) is 5.75 Å². The summed E-state index contributed by atoms with van der Waals surface area (Å²) in [6.45, 7) is 3.18. The van der Waals surface area contributed by atoms with Crippen LogP contribution in [0, 0.1) is 12.7 Å². The number of rotatable bonds is 8. The van der Waals surface area contributed by atoms with Crippen LogP contribution < -0.4 is 10.0 Å². The van der Waals surface area contributed by atoms with Gasteiger partial charge in [-0.15, -0.1) is 0 Å². The van der Waals surface area contributed by atoms with Gasteiger partial charge < -0.3 is 5.32 Å². The van der Waals surface area contributed by atoms with Crippen LogP contribution in [0.4, 0.5) is 10.1 Å². The lowest BCUT2D eigenvalue weighted by Crippen LogP contribution is -2.44. The van der Waals surface area contributed by atoms with E-state index in [-0.39, 0.29) is 11.6 Å². The van der Waals surface area contributed by atoms with E-state index in [1.54, 1.807) is 6.92 Å². The fourth-order valence-electron chi connectivity index (χ4n) is 1.77. The first-order valence-corrected chi connectivity index (χ1v) is 9.89. The first-order chi connectivity index (χ1) is 10.3. The Hall–Kier alpha value is -1.12. The molecule has 0 aromatic heterocycles. The number of hydrogen-bond acceptors (Lipinski definition) is 4. The molecule has 0 saturated heterocycles. The summed E-state index contributed by atoms with van der Waals surface area (Å²) in [5.74, 6) is -0.278. The van der Waals surface area contributed by atoms with Crippen molar-refractivity contribution in [3.05, 3.63) is 29.6 Å². The van der Waals surface area contributed by atoms with Crippen LogP contribution in [0.15, 0.2) is 18.2 Å². The average Bonchev–Trinajstić information content (AvgIpc) is 2.46. The molecule has 0 fully saturated rings. The highest BCUT2D eigenvalue weighted by Crippen LogP contribution is 2.16. The summed E-state index contributed by atoms with van der Waals surface area (Å²) < 4.78 is 38.9. The Morgan fingerprint density at radius 2 is 2.09 bits per heavy atom. The van der Waals surface area contributed by atoms with Crippen molar-refractivity contribution in [1.29, 1.82) is 0 Å². The predicted octanol–water partition coefficient (Wildman–Crippen LogP) is 2.13. The van der Waals surface area contributed by atoms with Gasteiger partial charge in [-0.1, -0.05) is 0 Å². The van der Waals surface area contributed by atoms with Crippen LogP contribution in [0.1, 0.15) is 18.9 Å². The first kappa shape index (κ1) is 18.9. The third-order valence-electron chi connectivity index (χ3n) is 3.08. The summed E-state index contributed by atoms with van der Waals surface area (Å²) in [6.07, 6.45) is 2.26. The Morgan fingerprint density at radius 1 is 1.41 bits per heavy atom. The molecule has 124 valence electrons. The van der Waals surface area contributed by atoms with Crippen LogP contribution in [-0.2, 0) is 14.8 Å². The van der Waals surface area contributed by atoms with Crippen LogP contribution in [0.25, 0.3) is 0 Å². The van der Waals surface area contributed by atoms with Crippen molar-refractivity contribution >= 4 is 33.4 Å². The average molecular weight is 348 g/mol. The molecule has 1 amide bonds.